The van der Waals surface area contributed by atoms with Gasteiger partial charge in [0.2, 0.25) is 5.89 Å². The highest BCUT2D eigenvalue weighted by molar-refractivity contribution is 5.94. The molecule has 0 spiro atoms. The number of likely N-dealkylation sites (tertiary alicyclic amines) is 1. The van der Waals surface area contributed by atoms with Crippen LogP contribution < -0.4 is 4.74 Å². The monoisotopic (exact) mass is 378 g/mol. The lowest BCUT2D eigenvalue weighted by atomic mass is 9.99. The van der Waals surface area contributed by atoms with E-state index in [4.69, 9.17) is 9.26 Å². The van der Waals surface area contributed by atoms with E-state index in [-0.39, 0.29) is 11.8 Å². The fourth-order valence-electron chi connectivity index (χ4n) is 3.08. The number of aromatic nitrogens is 3. The van der Waals surface area contributed by atoms with Gasteiger partial charge < -0.3 is 14.2 Å². The largest absolute Gasteiger partial charge is 0.493 e. The lowest BCUT2D eigenvalue weighted by Gasteiger charge is -2.37. The summed E-state index contributed by atoms with van der Waals surface area (Å²) < 4.78 is 11.1. The van der Waals surface area contributed by atoms with Crippen molar-refractivity contribution in [3.8, 4) is 5.75 Å². The summed E-state index contributed by atoms with van der Waals surface area (Å²) in [6.45, 7) is 5.56. The molecule has 1 aromatic carbocycles. The molecule has 1 amide bonds. The van der Waals surface area contributed by atoms with Gasteiger partial charge in [0.05, 0.1) is 18.1 Å². The smallest absolute Gasteiger partial charge is 0.255 e. The normalized spacial score (nSPS) is 14.0. The SMILES string of the molecule is Cc1cccc(OCCc2noc(C3CN(C(=O)c4ccc(C)nc4)C3)n2)c1. The zero-order valence-corrected chi connectivity index (χ0v) is 16.0. The molecule has 1 aliphatic heterocycles. The Bertz CT molecular complexity index is 962. The first kappa shape index (κ1) is 18.2. The summed E-state index contributed by atoms with van der Waals surface area (Å²) in [6.07, 6.45) is 2.19. The van der Waals surface area contributed by atoms with Crippen LogP contribution in [0.15, 0.2) is 47.1 Å². The Morgan fingerprint density at radius 2 is 2.11 bits per heavy atom. The minimum atomic E-state index is -0.0185. The second-order valence-electron chi connectivity index (χ2n) is 7.06. The van der Waals surface area contributed by atoms with Crippen LogP contribution in [0, 0.1) is 13.8 Å². The molecule has 3 heterocycles. The van der Waals surface area contributed by atoms with Crippen LogP contribution in [0.1, 0.15) is 39.2 Å². The number of amides is 1. The fourth-order valence-corrected chi connectivity index (χ4v) is 3.08. The number of nitrogens with zero attached hydrogens (tertiary/aromatic N) is 4. The van der Waals surface area contributed by atoms with Crippen LogP contribution in [0.25, 0.3) is 0 Å². The molecule has 1 aliphatic rings. The van der Waals surface area contributed by atoms with Crippen LogP contribution in [0.3, 0.4) is 0 Å². The van der Waals surface area contributed by atoms with Gasteiger partial charge in [0.25, 0.3) is 5.91 Å². The van der Waals surface area contributed by atoms with Crippen molar-refractivity contribution < 1.29 is 14.1 Å². The third-order valence-corrected chi connectivity index (χ3v) is 4.74. The zero-order valence-electron chi connectivity index (χ0n) is 16.0. The van der Waals surface area contributed by atoms with Crippen LogP contribution in [-0.2, 0) is 6.42 Å². The Hall–Kier alpha value is -3.22. The number of aryl methyl sites for hydroxylation is 2. The van der Waals surface area contributed by atoms with Crippen LogP contribution in [0.2, 0.25) is 0 Å². The standard InChI is InChI=1S/C21H22N4O3/c1-14-4-3-5-18(10-14)27-9-8-19-23-20(28-24-19)17-12-25(13-17)21(26)16-7-6-15(2)22-11-16/h3-7,10-11,17H,8-9,12-13H2,1-2H3. The number of carbonyl (C=O) groups excluding carboxylic acids is 1. The molecule has 4 rings (SSSR count). The van der Waals surface area contributed by atoms with E-state index in [9.17, 15) is 4.79 Å². The number of rotatable bonds is 6. The number of hydrogen-bond acceptors (Lipinski definition) is 6. The average Bonchev–Trinajstić information content (AvgIpc) is 3.09. The Morgan fingerprint density at radius 3 is 2.86 bits per heavy atom. The molecule has 144 valence electrons. The maximum absolute atomic E-state index is 12.4. The van der Waals surface area contributed by atoms with Gasteiger partial charge in [0.1, 0.15) is 5.75 Å². The third-order valence-electron chi connectivity index (χ3n) is 4.74. The molecule has 1 fully saturated rings. The maximum atomic E-state index is 12.4. The van der Waals surface area contributed by atoms with E-state index < -0.39 is 0 Å². The van der Waals surface area contributed by atoms with Gasteiger partial charge in [0.15, 0.2) is 5.82 Å². The number of ether oxygens (including phenoxy) is 1. The molecule has 7 heteroatoms. The first-order chi connectivity index (χ1) is 13.6. The molecule has 0 unspecified atom stereocenters. The summed E-state index contributed by atoms with van der Waals surface area (Å²) in [5.41, 5.74) is 2.65. The molecule has 2 aromatic heterocycles. The molecular weight excluding hydrogens is 356 g/mol. The maximum Gasteiger partial charge on any atom is 0.255 e. The summed E-state index contributed by atoms with van der Waals surface area (Å²) in [5.74, 6) is 2.10. The van der Waals surface area contributed by atoms with Crippen molar-refractivity contribution in [1.29, 1.82) is 0 Å². The number of benzene rings is 1. The van der Waals surface area contributed by atoms with Crippen LogP contribution in [-0.4, -0.2) is 45.6 Å². The molecule has 0 bridgehead atoms. The quantitative estimate of drug-likeness (QED) is 0.656. The topological polar surface area (TPSA) is 81.4 Å². The van der Waals surface area contributed by atoms with Gasteiger partial charge in [-0.15, -0.1) is 0 Å². The molecule has 7 nitrogen and oxygen atoms in total. The highest BCUT2D eigenvalue weighted by Gasteiger charge is 2.36. The number of carbonyl (C=O) groups is 1. The highest BCUT2D eigenvalue weighted by Crippen LogP contribution is 2.27. The molecule has 0 N–H and O–H groups in total. The summed E-state index contributed by atoms with van der Waals surface area (Å²) in [6, 6.07) is 11.6. The Balaban J connectivity index is 1.26. The zero-order chi connectivity index (χ0) is 19.5. The second-order valence-corrected chi connectivity index (χ2v) is 7.06. The van der Waals surface area contributed by atoms with Crippen LogP contribution in [0.5, 0.6) is 5.75 Å². The predicted octanol–water partition coefficient (Wildman–Crippen LogP) is 2.94. The Morgan fingerprint density at radius 1 is 1.25 bits per heavy atom. The van der Waals surface area contributed by atoms with Gasteiger partial charge >= 0.3 is 0 Å². The molecule has 1 saturated heterocycles. The molecular formula is C21H22N4O3. The van der Waals surface area contributed by atoms with E-state index in [1.54, 1.807) is 17.2 Å². The Kier molecular flexibility index (Phi) is 5.06. The summed E-state index contributed by atoms with van der Waals surface area (Å²) in [7, 11) is 0. The van der Waals surface area contributed by atoms with Crippen LogP contribution in [0.4, 0.5) is 0 Å². The van der Waals surface area contributed by atoms with Crippen LogP contribution >= 0.6 is 0 Å². The molecule has 0 aliphatic carbocycles. The van der Waals surface area contributed by atoms with E-state index in [1.165, 1.54) is 0 Å². The highest BCUT2D eigenvalue weighted by atomic mass is 16.5. The van der Waals surface area contributed by atoms with Crippen molar-refractivity contribution in [3.63, 3.8) is 0 Å². The lowest BCUT2D eigenvalue weighted by Crippen LogP contribution is -2.48. The molecule has 3 aromatic rings. The van der Waals surface area contributed by atoms with E-state index in [0.29, 0.717) is 43.4 Å². The minimum absolute atomic E-state index is 0.0185. The van der Waals surface area contributed by atoms with Crippen molar-refractivity contribution in [3.05, 3.63) is 71.1 Å². The average molecular weight is 378 g/mol. The summed E-state index contributed by atoms with van der Waals surface area (Å²) >= 11 is 0. The second kappa shape index (κ2) is 7.80. The summed E-state index contributed by atoms with van der Waals surface area (Å²) in [4.78, 5) is 22.8. The first-order valence-corrected chi connectivity index (χ1v) is 9.32. The van der Waals surface area contributed by atoms with Crippen molar-refractivity contribution in [2.75, 3.05) is 19.7 Å². The lowest BCUT2D eigenvalue weighted by molar-refractivity contribution is 0.0568. The molecule has 0 atom stereocenters. The number of pyridine rings is 1. The van der Waals surface area contributed by atoms with Crippen molar-refractivity contribution in [2.24, 2.45) is 0 Å². The summed E-state index contributed by atoms with van der Waals surface area (Å²) in [5, 5.41) is 4.03. The van der Waals surface area contributed by atoms with Crippen molar-refractivity contribution in [2.45, 2.75) is 26.2 Å². The first-order valence-electron chi connectivity index (χ1n) is 9.32. The Labute approximate surface area is 163 Å². The third kappa shape index (κ3) is 4.03. The van der Waals surface area contributed by atoms with E-state index in [2.05, 4.69) is 15.1 Å². The molecule has 28 heavy (non-hydrogen) atoms. The predicted molar refractivity (Wildman–Crippen MR) is 102 cm³/mol. The van der Waals surface area contributed by atoms with Gasteiger partial charge in [-0.3, -0.25) is 9.78 Å². The van der Waals surface area contributed by atoms with E-state index >= 15 is 0 Å². The van der Waals surface area contributed by atoms with Gasteiger partial charge in [-0.1, -0.05) is 17.3 Å². The van der Waals surface area contributed by atoms with E-state index in [0.717, 1.165) is 17.0 Å². The van der Waals surface area contributed by atoms with Gasteiger partial charge in [0, 0.05) is 31.4 Å². The van der Waals surface area contributed by atoms with Gasteiger partial charge in [-0.05, 0) is 43.7 Å². The van der Waals surface area contributed by atoms with Gasteiger partial charge in [-0.2, -0.15) is 4.98 Å². The van der Waals surface area contributed by atoms with E-state index in [1.807, 2.05) is 44.2 Å². The molecule has 0 saturated carbocycles. The molecule has 0 radical (unpaired) electrons. The van der Waals surface area contributed by atoms with Crippen molar-refractivity contribution in [1.82, 2.24) is 20.0 Å². The van der Waals surface area contributed by atoms with Gasteiger partial charge in [-0.25, -0.2) is 0 Å². The number of hydrogen-bond donors (Lipinski definition) is 0. The van der Waals surface area contributed by atoms with Crippen molar-refractivity contribution >= 4 is 5.91 Å². The fraction of sp³-hybridized carbons (Fsp3) is 0.333. The minimum Gasteiger partial charge on any atom is -0.493 e.